The summed E-state index contributed by atoms with van der Waals surface area (Å²) in [5, 5.41) is 5.63. The third-order valence-electron chi connectivity index (χ3n) is 1.98. The lowest BCUT2D eigenvalue weighted by Gasteiger charge is -2.11. The molecule has 0 aromatic carbocycles. The third kappa shape index (κ3) is 3.72. The molecule has 0 bridgehead atoms. The molecular weight excluding hydrogens is 206 g/mol. The highest BCUT2D eigenvalue weighted by molar-refractivity contribution is 5.76. The Hall–Kier alpha value is -1.85. The normalized spacial score (nSPS) is 9.69. The van der Waals surface area contributed by atoms with Crippen LogP contribution in [0, 0.1) is 0 Å². The summed E-state index contributed by atoms with van der Waals surface area (Å²) < 4.78 is 0. The summed E-state index contributed by atoms with van der Waals surface area (Å²) in [7, 11) is 5.38. The molecule has 0 saturated carbocycles. The van der Waals surface area contributed by atoms with E-state index in [0.717, 1.165) is 5.82 Å². The topological polar surface area (TPSA) is 70.2 Å². The summed E-state index contributed by atoms with van der Waals surface area (Å²) in [4.78, 5) is 21.2. The molecule has 1 rings (SSSR count). The molecule has 6 heteroatoms. The van der Waals surface area contributed by atoms with Crippen LogP contribution < -0.4 is 15.5 Å². The van der Waals surface area contributed by atoms with Crippen molar-refractivity contribution < 1.29 is 4.79 Å². The van der Waals surface area contributed by atoms with Crippen molar-refractivity contribution in [3.8, 4) is 0 Å². The van der Waals surface area contributed by atoms with E-state index in [1.807, 2.05) is 19.0 Å². The Balaban J connectivity index is 2.48. The van der Waals surface area contributed by atoms with Crippen LogP contribution in [0.5, 0.6) is 0 Å². The summed E-state index contributed by atoms with van der Waals surface area (Å²) >= 11 is 0. The first-order valence-corrected chi connectivity index (χ1v) is 5.08. The largest absolute Gasteiger partial charge is 0.369 e. The van der Waals surface area contributed by atoms with Crippen LogP contribution in [0.3, 0.4) is 0 Å². The summed E-state index contributed by atoms with van der Waals surface area (Å²) in [6.07, 6.45) is 2.11. The molecule has 0 aliphatic carbocycles. The number of carbonyl (C=O) groups excluding carboxylic acids is 1. The van der Waals surface area contributed by atoms with Crippen molar-refractivity contribution in [2.75, 3.05) is 37.9 Å². The van der Waals surface area contributed by atoms with E-state index < -0.39 is 0 Å². The van der Waals surface area contributed by atoms with Crippen LogP contribution >= 0.6 is 0 Å². The lowest BCUT2D eigenvalue weighted by atomic mass is 10.4. The maximum atomic E-state index is 11.0. The Morgan fingerprint density at radius 1 is 1.50 bits per heavy atom. The van der Waals surface area contributed by atoms with Gasteiger partial charge in [0.05, 0.1) is 0 Å². The first-order chi connectivity index (χ1) is 7.63. The quantitative estimate of drug-likeness (QED) is 0.740. The van der Waals surface area contributed by atoms with Gasteiger partial charge in [-0.05, 0) is 6.07 Å². The van der Waals surface area contributed by atoms with Gasteiger partial charge < -0.3 is 15.5 Å². The Kier molecular flexibility index (Phi) is 4.50. The smallest absolute Gasteiger partial charge is 0.226 e. The van der Waals surface area contributed by atoms with E-state index in [9.17, 15) is 4.79 Å². The van der Waals surface area contributed by atoms with Crippen molar-refractivity contribution in [2.45, 2.75) is 6.42 Å². The number of amides is 1. The Labute approximate surface area is 95.1 Å². The third-order valence-corrected chi connectivity index (χ3v) is 1.98. The molecule has 2 N–H and O–H groups in total. The van der Waals surface area contributed by atoms with Gasteiger partial charge in [-0.2, -0.15) is 4.98 Å². The summed E-state index contributed by atoms with van der Waals surface area (Å²) in [5.41, 5.74) is 0. The number of hydrogen-bond donors (Lipinski definition) is 2. The number of nitrogens with one attached hydrogen (secondary N) is 2. The molecule has 16 heavy (non-hydrogen) atoms. The van der Waals surface area contributed by atoms with E-state index in [0.29, 0.717) is 18.9 Å². The van der Waals surface area contributed by atoms with Gasteiger partial charge in [-0.3, -0.25) is 4.79 Å². The zero-order valence-corrected chi connectivity index (χ0v) is 9.82. The van der Waals surface area contributed by atoms with Crippen LogP contribution in [-0.4, -0.2) is 43.6 Å². The molecule has 0 aliphatic heterocycles. The van der Waals surface area contributed by atoms with Gasteiger partial charge in [-0.1, -0.05) is 0 Å². The maximum absolute atomic E-state index is 11.0. The van der Waals surface area contributed by atoms with Gasteiger partial charge in [-0.15, -0.1) is 0 Å². The maximum Gasteiger partial charge on any atom is 0.226 e. The monoisotopic (exact) mass is 223 g/mol. The molecule has 0 spiro atoms. The van der Waals surface area contributed by atoms with Gasteiger partial charge in [0.15, 0.2) is 0 Å². The minimum atomic E-state index is 0.00869. The minimum Gasteiger partial charge on any atom is -0.369 e. The Morgan fingerprint density at radius 3 is 2.88 bits per heavy atom. The molecule has 0 fully saturated rings. The van der Waals surface area contributed by atoms with E-state index in [-0.39, 0.29) is 5.91 Å². The van der Waals surface area contributed by atoms with Gasteiger partial charge in [0.2, 0.25) is 11.9 Å². The summed E-state index contributed by atoms with van der Waals surface area (Å²) in [6, 6.07) is 1.77. The van der Waals surface area contributed by atoms with Crippen LogP contribution in [0.2, 0.25) is 0 Å². The fraction of sp³-hybridized carbons (Fsp3) is 0.500. The zero-order valence-electron chi connectivity index (χ0n) is 9.82. The van der Waals surface area contributed by atoms with Gasteiger partial charge in [-0.25, -0.2) is 4.98 Å². The van der Waals surface area contributed by atoms with E-state index in [1.165, 1.54) is 0 Å². The van der Waals surface area contributed by atoms with Gasteiger partial charge in [0, 0.05) is 40.3 Å². The molecule has 0 aliphatic rings. The van der Waals surface area contributed by atoms with Crippen molar-refractivity contribution in [1.29, 1.82) is 0 Å². The number of anilines is 2. The molecule has 0 radical (unpaired) electrons. The van der Waals surface area contributed by atoms with Crippen LogP contribution in [0.15, 0.2) is 12.3 Å². The molecular formula is C10H17N5O. The average molecular weight is 223 g/mol. The van der Waals surface area contributed by atoms with Gasteiger partial charge in [0.1, 0.15) is 5.82 Å². The number of nitrogens with zero attached hydrogens (tertiary/aromatic N) is 3. The van der Waals surface area contributed by atoms with Crippen LogP contribution in [0.4, 0.5) is 11.8 Å². The lowest BCUT2D eigenvalue weighted by molar-refractivity contribution is -0.120. The standard InChI is InChI=1S/C10H17N5O/c1-11-9(16)5-7-12-8-4-6-13-10(14-8)15(2)3/h4,6H,5,7H2,1-3H3,(H,11,16)(H,12,13,14). The first kappa shape index (κ1) is 12.2. The molecule has 1 heterocycles. The number of rotatable bonds is 5. The number of hydrogen-bond acceptors (Lipinski definition) is 5. The SMILES string of the molecule is CNC(=O)CCNc1ccnc(N(C)C)n1. The Bertz CT molecular complexity index is 353. The molecule has 6 nitrogen and oxygen atoms in total. The first-order valence-electron chi connectivity index (χ1n) is 5.08. The average Bonchev–Trinajstić information content (AvgIpc) is 2.29. The van der Waals surface area contributed by atoms with Gasteiger partial charge >= 0.3 is 0 Å². The summed E-state index contributed by atoms with van der Waals surface area (Å²) in [6.45, 7) is 0.559. The summed E-state index contributed by atoms with van der Waals surface area (Å²) in [5.74, 6) is 1.38. The zero-order chi connectivity index (χ0) is 12.0. The van der Waals surface area contributed by atoms with Gasteiger partial charge in [0.25, 0.3) is 0 Å². The highest BCUT2D eigenvalue weighted by atomic mass is 16.1. The van der Waals surface area contributed by atoms with Crippen molar-refractivity contribution >= 4 is 17.7 Å². The van der Waals surface area contributed by atoms with Crippen LogP contribution in [0.25, 0.3) is 0 Å². The minimum absolute atomic E-state index is 0.00869. The predicted octanol–water partition coefficient (Wildman–Crippen LogP) is 0.0906. The van der Waals surface area contributed by atoms with Crippen LogP contribution in [-0.2, 0) is 4.79 Å². The molecule has 1 aromatic rings. The molecule has 0 atom stereocenters. The van der Waals surface area contributed by atoms with E-state index >= 15 is 0 Å². The van der Waals surface area contributed by atoms with E-state index in [2.05, 4.69) is 20.6 Å². The van der Waals surface area contributed by atoms with E-state index in [1.54, 1.807) is 19.3 Å². The van der Waals surface area contributed by atoms with E-state index in [4.69, 9.17) is 0 Å². The molecule has 0 saturated heterocycles. The highest BCUT2D eigenvalue weighted by Crippen LogP contribution is 2.07. The molecule has 0 unspecified atom stereocenters. The molecule has 1 amide bonds. The van der Waals surface area contributed by atoms with Crippen molar-refractivity contribution in [3.63, 3.8) is 0 Å². The number of aromatic nitrogens is 2. The molecule has 1 aromatic heterocycles. The fourth-order valence-electron chi connectivity index (χ4n) is 1.09. The van der Waals surface area contributed by atoms with Crippen LogP contribution in [0.1, 0.15) is 6.42 Å². The lowest BCUT2D eigenvalue weighted by Crippen LogP contribution is -2.21. The second kappa shape index (κ2) is 5.89. The van der Waals surface area contributed by atoms with Crippen molar-refractivity contribution in [3.05, 3.63) is 12.3 Å². The highest BCUT2D eigenvalue weighted by Gasteiger charge is 2.01. The number of carbonyl (C=O) groups is 1. The Morgan fingerprint density at radius 2 is 2.25 bits per heavy atom. The molecule has 88 valence electrons. The second-order valence-electron chi connectivity index (χ2n) is 3.49. The van der Waals surface area contributed by atoms with Crippen molar-refractivity contribution in [2.24, 2.45) is 0 Å². The van der Waals surface area contributed by atoms with Crippen molar-refractivity contribution in [1.82, 2.24) is 15.3 Å². The predicted molar refractivity (Wildman–Crippen MR) is 63.5 cm³/mol. The fourth-order valence-corrected chi connectivity index (χ4v) is 1.09. The second-order valence-corrected chi connectivity index (χ2v) is 3.49.